The molecular formula is C24H36F2O2. The molecule has 0 aromatic carbocycles. The molecule has 0 amide bonds. The Hall–Kier alpha value is -0.740. The monoisotopic (exact) mass is 394 g/mol. The van der Waals surface area contributed by atoms with E-state index in [9.17, 15) is 8.78 Å². The highest BCUT2D eigenvalue weighted by atomic mass is 19.1. The van der Waals surface area contributed by atoms with E-state index in [0.717, 1.165) is 56.8 Å². The Bertz CT molecular complexity index is 563. The van der Waals surface area contributed by atoms with Crippen LogP contribution in [0.2, 0.25) is 0 Å². The molecular weight excluding hydrogens is 358 g/mol. The first-order valence-corrected chi connectivity index (χ1v) is 11.5. The highest BCUT2D eigenvalue weighted by Crippen LogP contribution is 2.42. The van der Waals surface area contributed by atoms with Gasteiger partial charge in [-0.2, -0.15) is 0 Å². The summed E-state index contributed by atoms with van der Waals surface area (Å²) in [5.41, 5.74) is 0.849. The predicted molar refractivity (Wildman–Crippen MR) is 107 cm³/mol. The fraction of sp³-hybridized carbons (Fsp3) is 0.833. The van der Waals surface area contributed by atoms with E-state index in [4.69, 9.17) is 9.47 Å². The lowest BCUT2D eigenvalue weighted by Crippen LogP contribution is -2.38. The first kappa shape index (κ1) is 20.5. The van der Waals surface area contributed by atoms with Crippen LogP contribution in [0, 0.1) is 35.5 Å². The SMILES string of the molecule is CC1CCC(C2COC(C3=CCC(C4CCC(CF)CC4)C(F)=C3)OC2)CC1. The average molecular weight is 395 g/mol. The van der Waals surface area contributed by atoms with Crippen LogP contribution in [-0.4, -0.2) is 26.2 Å². The molecule has 4 heteroatoms. The second-order valence-corrected chi connectivity index (χ2v) is 9.79. The maximum absolute atomic E-state index is 14.9. The number of ether oxygens (including phenoxy) is 2. The van der Waals surface area contributed by atoms with Gasteiger partial charge in [0.15, 0.2) is 6.29 Å². The Morgan fingerprint density at radius 2 is 1.54 bits per heavy atom. The van der Waals surface area contributed by atoms with Crippen LogP contribution >= 0.6 is 0 Å². The number of alkyl halides is 1. The highest BCUT2D eigenvalue weighted by Gasteiger charge is 2.35. The average Bonchev–Trinajstić information content (AvgIpc) is 2.74. The van der Waals surface area contributed by atoms with E-state index in [1.165, 1.54) is 25.7 Å². The molecule has 1 saturated heterocycles. The molecule has 1 aliphatic heterocycles. The lowest BCUT2D eigenvalue weighted by atomic mass is 9.73. The highest BCUT2D eigenvalue weighted by molar-refractivity contribution is 5.29. The summed E-state index contributed by atoms with van der Waals surface area (Å²) < 4.78 is 39.7. The molecule has 0 radical (unpaired) electrons. The molecule has 3 aliphatic carbocycles. The predicted octanol–water partition coefficient (Wildman–Crippen LogP) is 6.38. The van der Waals surface area contributed by atoms with Crippen molar-refractivity contribution in [3.05, 3.63) is 23.6 Å². The summed E-state index contributed by atoms with van der Waals surface area (Å²) in [5, 5.41) is 0. The lowest BCUT2D eigenvalue weighted by molar-refractivity contribution is -0.189. The van der Waals surface area contributed by atoms with Crippen molar-refractivity contribution in [3.8, 4) is 0 Å². The van der Waals surface area contributed by atoms with Gasteiger partial charge in [0.2, 0.25) is 0 Å². The van der Waals surface area contributed by atoms with Crippen LogP contribution in [0.1, 0.15) is 64.7 Å². The van der Waals surface area contributed by atoms with Crippen LogP contribution in [0.4, 0.5) is 8.78 Å². The summed E-state index contributed by atoms with van der Waals surface area (Å²) in [6.07, 6.45) is 13.0. The van der Waals surface area contributed by atoms with Gasteiger partial charge >= 0.3 is 0 Å². The van der Waals surface area contributed by atoms with Crippen molar-refractivity contribution >= 4 is 0 Å². The number of halogens is 2. The third-order valence-corrected chi connectivity index (χ3v) is 7.87. The summed E-state index contributed by atoms with van der Waals surface area (Å²) in [5.74, 6) is 2.54. The zero-order valence-electron chi connectivity index (χ0n) is 17.3. The van der Waals surface area contributed by atoms with Crippen molar-refractivity contribution in [2.75, 3.05) is 19.9 Å². The van der Waals surface area contributed by atoms with Gasteiger partial charge in [0.05, 0.1) is 19.9 Å². The molecule has 0 aromatic rings. The minimum atomic E-state index is -0.410. The molecule has 1 unspecified atom stereocenters. The van der Waals surface area contributed by atoms with Crippen molar-refractivity contribution in [3.63, 3.8) is 0 Å². The van der Waals surface area contributed by atoms with Gasteiger partial charge in [0.1, 0.15) is 5.83 Å². The standard InChI is InChI=1S/C24H36F2O2/c1-16-2-6-18(7-3-16)21-14-27-24(28-15-21)20-10-11-22(23(26)12-20)19-8-4-17(13-25)5-9-19/h10,12,16-19,21-22,24H,2-9,11,13-15H2,1H3. The van der Waals surface area contributed by atoms with Gasteiger partial charge in [-0.15, -0.1) is 0 Å². The molecule has 4 aliphatic rings. The minimum Gasteiger partial charge on any atom is -0.348 e. The largest absolute Gasteiger partial charge is 0.348 e. The Kier molecular flexibility index (Phi) is 6.88. The van der Waals surface area contributed by atoms with Crippen LogP contribution in [0.15, 0.2) is 23.6 Å². The molecule has 28 heavy (non-hydrogen) atoms. The maximum atomic E-state index is 14.9. The minimum absolute atomic E-state index is 0.0307. The van der Waals surface area contributed by atoms with Crippen LogP contribution in [0.25, 0.3) is 0 Å². The third kappa shape index (κ3) is 4.70. The van der Waals surface area contributed by atoms with Gasteiger partial charge in [-0.05, 0) is 74.7 Å². The molecule has 0 bridgehead atoms. The Balaban J connectivity index is 1.27. The molecule has 0 N–H and O–H groups in total. The second kappa shape index (κ2) is 9.38. The molecule has 2 nitrogen and oxygen atoms in total. The topological polar surface area (TPSA) is 18.5 Å². The first-order chi connectivity index (χ1) is 13.6. The zero-order chi connectivity index (χ0) is 19.5. The van der Waals surface area contributed by atoms with Crippen molar-refractivity contribution in [1.82, 2.24) is 0 Å². The summed E-state index contributed by atoms with van der Waals surface area (Å²) in [4.78, 5) is 0. The number of hydrogen-bond acceptors (Lipinski definition) is 2. The van der Waals surface area contributed by atoms with E-state index in [0.29, 0.717) is 17.8 Å². The first-order valence-electron chi connectivity index (χ1n) is 11.5. The van der Waals surface area contributed by atoms with Gasteiger partial charge in [0.25, 0.3) is 0 Å². The molecule has 0 spiro atoms. The van der Waals surface area contributed by atoms with E-state index in [2.05, 4.69) is 13.0 Å². The van der Waals surface area contributed by atoms with Gasteiger partial charge in [-0.3, -0.25) is 4.39 Å². The molecule has 1 atom stereocenters. The maximum Gasteiger partial charge on any atom is 0.183 e. The molecule has 1 heterocycles. The van der Waals surface area contributed by atoms with E-state index in [1.54, 1.807) is 6.08 Å². The van der Waals surface area contributed by atoms with Gasteiger partial charge in [0, 0.05) is 17.4 Å². The normalized spacial score (nSPS) is 42.6. The van der Waals surface area contributed by atoms with Crippen molar-refractivity contribution < 1.29 is 18.3 Å². The molecule has 4 rings (SSSR count). The Morgan fingerprint density at radius 1 is 0.893 bits per heavy atom. The van der Waals surface area contributed by atoms with E-state index < -0.39 is 6.29 Å². The lowest BCUT2D eigenvalue weighted by Gasteiger charge is -2.38. The molecule has 158 valence electrons. The fourth-order valence-electron chi connectivity index (χ4n) is 5.77. The van der Waals surface area contributed by atoms with E-state index in [1.807, 2.05) is 0 Å². The van der Waals surface area contributed by atoms with E-state index >= 15 is 0 Å². The fourth-order valence-corrected chi connectivity index (χ4v) is 5.77. The van der Waals surface area contributed by atoms with Crippen LogP contribution in [0.5, 0.6) is 0 Å². The zero-order valence-corrected chi connectivity index (χ0v) is 17.3. The van der Waals surface area contributed by atoms with Crippen molar-refractivity contribution in [2.45, 2.75) is 71.0 Å². The summed E-state index contributed by atoms with van der Waals surface area (Å²) in [7, 11) is 0. The number of rotatable bonds is 4. The smallest absolute Gasteiger partial charge is 0.183 e. The Labute approximate surface area is 168 Å². The second-order valence-electron chi connectivity index (χ2n) is 9.79. The molecule has 2 saturated carbocycles. The van der Waals surface area contributed by atoms with Crippen molar-refractivity contribution in [1.29, 1.82) is 0 Å². The van der Waals surface area contributed by atoms with Gasteiger partial charge in [-0.1, -0.05) is 25.8 Å². The molecule has 0 aromatic heterocycles. The van der Waals surface area contributed by atoms with Crippen LogP contribution in [-0.2, 0) is 9.47 Å². The number of hydrogen-bond donors (Lipinski definition) is 0. The molecule has 3 fully saturated rings. The van der Waals surface area contributed by atoms with E-state index in [-0.39, 0.29) is 24.3 Å². The van der Waals surface area contributed by atoms with Crippen molar-refractivity contribution in [2.24, 2.45) is 35.5 Å². The number of allylic oxidation sites excluding steroid dienone is 2. The summed E-state index contributed by atoms with van der Waals surface area (Å²) >= 11 is 0. The third-order valence-electron chi connectivity index (χ3n) is 7.87. The van der Waals surface area contributed by atoms with Gasteiger partial charge < -0.3 is 9.47 Å². The summed E-state index contributed by atoms with van der Waals surface area (Å²) in [6, 6.07) is 0. The Morgan fingerprint density at radius 3 is 2.14 bits per heavy atom. The van der Waals surface area contributed by atoms with Gasteiger partial charge in [-0.25, -0.2) is 4.39 Å². The van der Waals surface area contributed by atoms with Crippen LogP contribution in [0.3, 0.4) is 0 Å². The summed E-state index contributed by atoms with van der Waals surface area (Å²) in [6.45, 7) is 3.58. The van der Waals surface area contributed by atoms with Crippen LogP contribution < -0.4 is 0 Å². The quantitative estimate of drug-likeness (QED) is 0.551.